The van der Waals surface area contributed by atoms with E-state index in [0.717, 1.165) is 6.42 Å². The topological polar surface area (TPSA) is 52.0 Å². The van der Waals surface area contributed by atoms with Crippen LogP contribution < -0.4 is 11.5 Å². The Morgan fingerprint density at radius 2 is 2.00 bits per heavy atom. The summed E-state index contributed by atoms with van der Waals surface area (Å²) in [5, 5.41) is 0. The van der Waals surface area contributed by atoms with Gasteiger partial charge in [-0.2, -0.15) is 0 Å². The average Bonchev–Trinajstić information content (AvgIpc) is 1.65. The molecule has 2 nitrogen and oxygen atoms in total. The molecule has 0 aliphatic rings. The number of nitrogens with two attached hydrogens (primary N) is 2. The maximum absolute atomic E-state index is 5.35. The molecular formula is C4H13N2Na. The van der Waals surface area contributed by atoms with Crippen LogP contribution in [0, 0.1) is 0 Å². The quantitative estimate of drug-likeness (QED) is 0.452. The Morgan fingerprint density at radius 1 is 1.57 bits per heavy atom. The predicted octanol–water partition coefficient (Wildman–Crippen LogP) is -0.966. The van der Waals surface area contributed by atoms with Crippen molar-refractivity contribution in [2.45, 2.75) is 19.4 Å². The molecule has 0 heterocycles. The van der Waals surface area contributed by atoms with Crippen LogP contribution in [-0.2, 0) is 0 Å². The van der Waals surface area contributed by atoms with Crippen LogP contribution in [-0.4, -0.2) is 42.1 Å². The summed E-state index contributed by atoms with van der Waals surface area (Å²) in [6.07, 6.45) is 0.983. The van der Waals surface area contributed by atoms with E-state index >= 15 is 0 Å². The minimum absolute atomic E-state index is 0. The molecule has 0 aromatic carbocycles. The van der Waals surface area contributed by atoms with Gasteiger partial charge in [0.05, 0.1) is 0 Å². The molecule has 0 bridgehead atoms. The van der Waals surface area contributed by atoms with E-state index in [1.54, 1.807) is 0 Å². The van der Waals surface area contributed by atoms with Gasteiger partial charge >= 0.3 is 29.6 Å². The molecule has 0 aromatic rings. The van der Waals surface area contributed by atoms with Gasteiger partial charge < -0.3 is 11.5 Å². The molecule has 0 saturated carbocycles. The van der Waals surface area contributed by atoms with E-state index in [4.69, 9.17) is 11.5 Å². The van der Waals surface area contributed by atoms with E-state index in [9.17, 15) is 0 Å². The summed E-state index contributed by atoms with van der Waals surface area (Å²) >= 11 is 0. The Kier molecular flexibility index (Phi) is 10.7. The van der Waals surface area contributed by atoms with Crippen molar-refractivity contribution in [3.8, 4) is 0 Å². The zero-order valence-electron chi connectivity index (χ0n) is 4.15. The second-order valence-electron chi connectivity index (χ2n) is 1.40. The summed E-state index contributed by atoms with van der Waals surface area (Å²) in [5.41, 5.74) is 10.5. The van der Waals surface area contributed by atoms with Gasteiger partial charge in [-0.25, -0.2) is 0 Å². The van der Waals surface area contributed by atoms with E-state index in [-0.39, 0.29) is 35.6 Å². The van der Waals surface area contributed by atoms with E-state index < -0.39 is 0 Å². The molecule has 7 heavy (non-hydrogen) atoms. The molecule has 4 N–H and O–H groups in total. The van der Waals surface area contributed by atoms with Crippen LogP contribution >= 0.6 is 0 Å². The fourth-order valence-corrected chi connectivity index (χ4v) is 0.167. The standard InChI is InChI=1S/C4H12N2.Na.H/c1-2-4(6)3-5;;/h4H,2-3,5-6H2,1H3;;. The molecule has 1 atom stereocenters. The van der Waals surface area contributed by atoms with E-state index in [0.29, 0.717) is 6.54 Å². The first kappa shape index (κ1) is 10.8. The number of rotatable bonds is 2. The summed E-state index contributed by atoms with van der Waals surface area (Å²) < 4.78 is 0. The van der Waals surface area contributed by atoms with Gasteiger partial charge in [-0.15, -0.1) is 0 Å². The Labute approximate surface area is 66.9 Å². The van der Waals surface area contributed by atoms with Crippen molar-refractivity contribution in [2.75, 3.05) is 6.54 Å². The zero-order valence-corrected chi connectivity index (χ0v) is 4.15. The molecule has 0 aliphatic heterocycles. The molecule has 0 amide bonds. The zero-order chi connectivity index (χ0) is 4.99. The minimum atomic E-state index is 0. The fourth-order valence-electron chi connectivity index (χ4n) is 0.167. The molecule has 0 aromatic heterocycles. The van der Waals surface area contributed by atoms with Crippen molar-refractivity contribution in [3.05, 3.63) is 0 Å². The number of hydrogen-bond donors (Lipinski definition) is 2. The summed E-state index contributed by atoms with van der Waals surface area (Å²) in [7, 11) is 0. The van der Waals surface area contributed by atoms with E-state index in [1.165, 1.54) is 0 Å². The summed E-state index contributed by atoms with van der Waals surface area (Å²) in [6, 6.07) is 0.213. The molecule has 0 aliphatic carbocycles. The van der Waals surface area contributed by atoms with Gasteiger partial charge in [0.25, 0.3) is 0 Å². The van der Waals surface area contributed by atoms with Gasteiger partial charge in [0.1, 0.15) is 0 Å². The summed E-state index contributed by atoms with van der Waals surface area (Å²) in [4.78, 5) is 0. The SMILES string of the molecule is CCC(N)CN.[NaH]. The Morgan fingerprint density at radius 3 is 2.00 bits per heavy atom. The van der Waals surface area contributed by atoms with Gasteiger partial charge in [-0.1, -0.05) is 6.92 Å². The van der Waals surface area contributed by atoms with Crippen molar-refractivity contribution in [2.24, 2.45) is 11.5 Å². The van der Waals surface area contributed by atoms with Crippen LogP contribution in [0.3, 0.4) is 0 Å². The van der Waals surface area contributed by atoms with Gasteiger partial charge in [0.2, 0.25) is 0 Å². The molecule has 0 saturated heterocycles. The first-order valence-electron chi connectivity index (χ1n) is 2.27. The third-order valence-corrected chi connectivity index (χ3v) is 0.827. The van der Waals surface area contributed by atoms with Crippen LogP contribution in [0.5, 0.6) is 0 Å². The number of hydrogen-bond acceptors (Lipinski definition) is 2. The molecule has 0 fully saturated rings. The van der Waals surface area contributed by atoms with Crippen LogP contribution in [0.4, 0.5) is 0 Å². The molecule has 1 unspecified atom stereocenters. The van der Waals surface area contributed by atoms with Crippen LogP contribution in [0.2, 0.25) is 0 Å². The van der Waals surface area contributed by atoms with E-state index in [1.807, 2.05) is 6.92 Å². The predicted molar refractivity (Wildman–Crippen MR) is 34.5 cm³/mol. The third kappa shape index (κ3) is 6.92. The van der Waals surface area contributed by atoms with Gasteiger partial charge in [-0.05, 0) is 6.42 Å². The Hall–Kier alpha value is 0.920. The van der Waals surface area contributed by atoms with Crippen molar-refractivity contribution >= 4 is 29.6 Å². The van der Waals surface area contributed by atoms with Crippen molar-refractivity contribution in [1.82, 2.24) is 0 Å². The molecular weight excluding hydrogens is 99.0 g/mol. The maximum atomic E-state index is 5.35. The van der Waals surface area contributed by atoms with Gasteiger partial charge in [-0.3, -0.25) is 0 Å². The van der Waals surface area contributed by atoms with Crippen LogP contribution in [0.25, 0.3) is 0 Å². The summed E-state index contributed by atoms with van der Waals surface area (Å²) in [6.45, 7) is 2.63. The van der Waals surface area contributed by atoms with Gasteiger partial charge in [0.15, 0.2) is 0 Å². The Bertz CT molecular complexity index is 28.9. The molecule has 0 spiro atoms. The molecule has 0 rings (SSSR count). The monoisotopic (exact) mass is 112 g/mol. The third-order valence-electron chi connectivity index (χ3n) is 0.827. The van der Waals surface area contributed by atoms with E-state index in [2.05, 4.69) is 0 Å². The first-order chi connectivity index (χ1) is 2.81. The Balaban J connectivity index is 0. The second-order valence-corrected chi connectivity index (χ2v) is 1.40. The molecule has 40 valence electrons. The van der Waals surface area contributed by atoms with Crippen LogP contribution in [0.1, 0.15) is 13.3 Å². The second kappa shape index (κ2) is 6.92. The van der Waals surface area contributed by atoms with Crippen LogP contribution in [0.15, 0.2) is 0 Å². The first-order valence-corrected chi connectivity index (χ1v) is 2.27. The molecule has 0 radical (unpaired) electrons. The summed E-state index contributed by atoms with van der Waals surface area (Å²) in [5.74, 6) is 0. The van der Waals surface area contributed by atoms with Gasteiger partial charge in [0, 0.05) is 12.6 Å². The van der Waals surface area contributed by atoms with Crippen molar-refractivity contribution in [3.63, 3.8) is 0 Å². The van der Waals surface area contributed by atoms with Crippen molar-refractivity contribution in [1.29, 1.82) is 0 Å². The molecule has 3 heteroatoms. The van der Waals surface area contributed by atoms with Crippen molar-refractivity contribution < 1.29 is 0 Å². The normalized spacial score (nSPS) is 12.4. The fraction of sp³-hybridized carbons (Fsp3) is 1.00. The average molecular weight is 112 g/mol.